The van der Waals surface area contributed by atoms with Crippen molar-refractivity contribution >= 4 is 22.6 Å². The van der Waals surface area contributed by atoms with Crippen molar-refractivity contribution in [2.45, 2.75) is 26.3 Å². The first kappa shape index (κ1) is 10.5. The van der Waals surface area contributed by atoms with E-state index in [-0.39, 0.29) is 0 Å². The first-order chi connectivity index (χ1) is 7.19. The molecule has 0 bridgehead atoms. The van der Waals surface area contributed by atoms with E-state index >= 15 is 0 Å². The largest absolute Gasteiger partial charge is 0.332 e. The van der Waals surface area contributed by atoms with Gasteiger partial charge in [-0.3, -0.25) is 9.67 Å². The van der Waals surface area contributed by atoms with E-state index in [1.807, 2.05) is 17.9 Å². The van der Waals surface area contributed by atoms with Crippen LogP contribution in [0.15, 0.2) is 11.2 Å². The van der Waals surface area contributed by atoms with Gasteiger partial charge >= 0.3 is 0 Å². The molecule has 0 aliphatic carbocycles. The number of anilines is 1. The van der Waals surface area contributed by atoms with Crippen LogP contribution in [0.1, 0.15) is 19.5 Å². The van der Waals surface area contributed by atoms with E-state index < -0.39 is 0 Å². The first-order valence-corrected chi connectivity index (χ1v) is 6.17. The fraction of sp³-hybridized carbons (Fsp3) is 0.600. The topological polar surface area (TPSA) is 42.2 Å². The van der Waals surface area contributed by atoms with Gasteiger partial charge in [-0.2, -0.15) is 5.10 Å². The molecular weight excluding hydrogens is 208 g/mol. The quantitative estimate of drug-likeness (QED) is 0.834. The van der Waals surface area contributed by atoms with Crippen LogP contribution in [0.25, 0.3) is 0 Å². The summed E-state index contributed by atoms with van der Waals surface area (Å²) in [5.41, 5.74) is 2.18. The third-order valence-electron chi connectivity index (χ3n) is 2.28. The van der Waals surface area contributed by atoms with Gasteiger partial charge < -0.3 is 5.32 Å². The van der Waals surface area contributed by atoms with E-state index in [4.69, 9.17) is 0 Å². The Morgan fingerprint density at radius 1 is 1.67 bits per heavy atom. The molecule has 2 rings (SSSR count). The maximum atomic E-state index is 4.50. The van der Waals surface area contributed by atoms with Crippen molar-refractivity contribution in [3.8, 4) is 0 Å². The van der Waals surface area contributed by atoms with E-state index in [0.717, 1.165) is 28.7 Å². The highest BCUT2D eigenvalue weighted by molar-refractivity contribution is 8.14. The minimum Gasteiger partial charge on any atom is -0.332 e. The molecule has 1 N–H and O–H groups in total. The molecule has 0 aromatic carbocycles. The number of aromatic nitrogens is 2. The number of nitrogens with one attached hydrogen (secondary N) is 1. The molecule has 0 saturated carbocycles. The van der Waals surface area contributed by atoms with Crippen LogP contribution >= 0.6 is 11.8 Å². The fourth-order valence-electron chi connectivity index (χ4n) is 1.56. The second kappa shape index (κ2) is 4.26. The summed E-state index contributed by atoms with van der Waals surface area (Å²) in [6.07, 6.45) is 2.95. The van der Waals surface area contributed by atoms with Gasteiger partial charge in [0.05, 0.1) is 17.4 Å². The molecule has 5 heteroatoms. The minimum absolute atomic E-state index is 0.430. The van der Waals surface area contributed by atoms with Crippen LogP contribution in [0, 0.1) is 0 Å². The third kappa shape index (κ3) is 2.34. The molecule has 82 valence electrons. The zero-order valence-corrected chi connectivity index (χ0v) is 10.1. The van der Waals surface area contributed by atoms with Gasteiger partial charge in [0.1, 0.15) is 0 Å². The molecule has 0 fully saturated rings. The van der Waals surface area contributed by atoms with E-state index in [9.17, 15) is 0 Å². The lowest BCUT2D eigenvalue weighted by Gasteiger charge is -2.02. The summed E-state index contributed by atoms with van der Waals surface area (Å²) in [6, 6.07) is 0.430. The number of amidine groups is 1. The smallest absolute Gasteiger partial charge is 0.161 e. The Labute approximate surface area is 94.2 Å². The number of nitrogens with zero attached hydrogens (tertiary/aromatic N) is 3. The van der Waals surface area contributed by atoms with Crippen LogP contribution in [-0.4, -0.2) is 26.7 Å². The average molecular weight is 224 g/mol. The fourth-order valence-corrected chi connectivity index (χ4v) is 2.47. The molecule has 0 saturated heterocycles. The maximum Gasteiger partial charge on any atom is 0.161 e. The number of hydrogen-bond donors (Lipinski definition) is 1. The standard InChI is InChI=1S/C10H16N4S/c1-4-8-9(5-14(3)13-8)12-10-11-7(2)6-15-10/h5,7H,4,6H2,1-3H3,(H,11,12). The Morgan fingerprint density at radius 2 is 2.47 bits per heavy atom. The zero-order valence-electron chi connectivity index (χ0n) is 9.32. The molecule has 0 amide bonds. The summed E-state index contributed by atoms with van der Waals surface area (Å²) < 4.78 is 1.84. The summed E-state index contributed by atoms with van der Waals surface area (Å²) in [5.74, 6) is 1.07. The molecule has 0 spiro atoms. The van der Waals surface area contributed by atoms with Crippen molar-refractivity contribution in [1.82, 2.24) is 9.78 Å². The lowest BCUT2D eigenvalue weighted by molar-refractivity contribution is 0.746. The van der Waals surface area contributed by atoms with Crippen molar-refractivity contribution in [3.63, 3.8) is 0 Å². The Morgan fingerprint density at radius 3 is 3.07 bits per heavy atom. The van der Waals surface area contributed by atoms with Gasteiger partial charge in [0, 0.05) is 19.0 Å². The van der Waals surface area contributed by atoms with Gasteiger partial charge in [-0.1, -0.05) is 18.7 Å². The maximum absolute atomic E-state index is 4.50. The summed E-state index contributed by atoms with van der Waals surface area (Å²) >= 11 is 1.78. The predicted octanol–water partition coefficient (Wildman–Crippen LogP) is 1.89. The molecular formula is C10H16N4S. The van der Waals surface area contributed by atoms with Crippen molar-refractivity contribution in [2.24, 2.45) is 12.0 Å². The Kier molecular flexibility index (Phi) is 3.00. The number of hydrogen-bond acceptors (Lipinski definition) is 4. The Hall–Kier alpha value is -0.970. The zero-order chi connectivity index (χ0) is 10.8. The van der Waals surface area contributed by atoms with E-state index in [1.165, 1.54) is 0 Å². The number of thioether (sulfide) groups is 1. The van der Waals surface area contributed by atoms with Crippen molar-refractivity contribution in [3.05, 3.63) is 11.9 Å². The molecule has 0 radical (unpaired) electrons. The lowest BCUT2D eigenvalue weighted by atomic mass is 10.3. The first-order valence-electron chi connectivity index (χ1n) is 5.19. The molecule has 15 heavy (non-hydrogen) atoms. The SMILES string of the molecule is CCc1nn(C)cc1NC1=NC(C)CS1. The van der Waals surface area contributed by atoms with Crippen LogP contribution in [0.3, 0.4) is 0 Å². The molecule has 1 aromatic heterocycles. The molecule has 1 atom stereocenters. The van der Waals surface area contributed by atoms with Crippen LogP contribution < -0.4 is 5.32 Å². The van der Waals surface area contributed by atoms with Crippen LogP contribution in [0.5, 0.6) is 0 Å². The molecule has 1 aliphatic heterocycles. The van der Waals surface area contributed by atoms with Gasteiger partial charge in [0.15, 0.2) is 5.17 Å². The summed E-state index contributed by atoms with van der Waals surface area (Å²) in [6.45, 7) is 4.24. The number of rotatable bonds is 2. The highest BCUT2D eigenvalue weighted by atomic mass is 32.2. The molecule has 1 aliphatic rings. The van der Waals surface area contributed by atoms with E-state index in [2.05, 4.69) is 29.3 Å². The predicted molar refractivity (Wildman–Crippen MR) is 65.6 cm³/mol. The third-order valence-corrected chi connectivity index (χ3v) is 3.41. The second-order valence-electron chi connectivity index (χ2n) is 3.74. The molecule has 1 unspecified atom stereocenters. The monoisotopic (exact) mass is 224 g/mol. The highest BCUT2D eigenvalue weighted by Crippen LogP contribution is 2.21. The summed E-state index contributed by atoms with van der Waals surface area (Å²) in [4.78, 5) is 4.50. The van der Waals surface area contributed by atoms with Crippen molar-refractivity contribution < 1.29 is 0 Å². The van der Waals surface area contributed by atoms with Gasteiger partial charge in [0.2, 0.25) is 0 Å². The summed E-state index contributed by atoms with van der Waals surface area (Å²) in [5, 5.41) is 8.74. The second-order valence-corrected chi connectivity index (χ2v) is 4.74. The van der Waals surface area contributed by atoms with Crippen molar-refractivity contribution in [2.75, 3.05) is 11.1 Å². The highest BCUT2D eigenvalue weighted by Gasteiger charge is 2.15. The lowest BCUT2D eigenvalue weighted by Crippen LogP contribution is -2.06. The van der Waals surface area contributed by atoms with Crippen LogP contribution in [0.4, 0.5) is 5.69 Å². The van der Waals surface area contributed by atoms with Crippen LogP contribution in [-0.2, 0) is 13.5 Å². The Bertz CT molecular complexity index is 383. The average Bonchev–Trinajstić information content (AvgIpc) is 2.73. The van der Waals surface area contributed by atoms with Gasteiger partial charge in [-0.05, 0) is 13.3 Å². The van der Waals surface area contributed by atoms with Crippen molar-refractivity contribution in [1.29, 1.82) is 0 Å². The number of aliphatic imine (C=N–C) groups is 1. The minimum atomic E-state index is 0.430. The summed E-state index contributed by atoms with van der Waals surface area (Å²) in [7, 11) is 1.94. The number of aryl methyl sites for hydroxylation is 2. The van der Waals surface area contributed by atoms with Gasteiger partial charge in [-0.25, -0.2) is 0 Å². The molecule has 1 aromatic rings. The molecule has 2 heterocycles. The molecule has 4 nitrogen and oxygen atoms in total. The normalized spacial score (nSPS) is 20.5. The van der Waals surface area contributed by atoms with Crippen LogP contribution in [0.2, 0.25) is 0 Å². The van der Waals surface area contributed by atoms with E-state index in [1.54, 1.807) is 11.8 Å². The van der Waals surface area contributed by atoms with E-state index in [0.29, 0.717) is 6.04 Å². The van der Waals surface area contributed by atoms with Gasteiger partial charge in [0.25, 0.3) is 0 Å². The Balaban J connectivity index is 2.13. The van der Waals surface area contributed by atoms with Gasteiger partial charge in [-0.15, -0.1) is 0 Å².